The Bertz CT molecular complexity index is 977. The van der Waals surface area contributed by atoms with Crippen LogP contribution in [0.3, 0.4) is 0 Å². The van der Waals surface area contributed by atoms with Crippen molar-refractivity contribution in [3.8, 4) is 0 Å². The first-order valence-corrected chi connectivity index (χ1v) is 11.0. The summed E-state index contributed by atoms with van der Waals surface area (Å²) in [4.78, 5) is 25.7. The first kappa shape index (κ1) is 22.6. The Morgan fingerprint density at radius 1 is 1.17 bits per heavy atom. The average molecular weight is 492 g/mol. The molecule has 0 aromatic heterocycles. The number of ether oxygens (including phenoxy) is 2. The fraction of sp³-hybridized carbons (Fsp3) is 0.333. The molecule has 4 nitrogen and oxygen atoms in total. The van der Waals surface area contributed by atoms with E-state index < -0.39 is 23.6 Å². The smallest absolute Gasteiger partial charge is 0.337 e. The van der Waals surface area contributed by atoms with Gasteiger partial charge in [-0.1, -0.05) is 58.7 Å². The summed E-state index contributed by atoms with van der Waals surface area (Å²) in [6.45, 7) is 7.47. The molecule has 3 rings (SSSR count). The van der Waals surface area contributed by atoms with Gasteiger partial charge in [-0.3, -0.25) is 4.79 Å². The van der Waals surface area contributed by atoms with Crippen molar-refractivity contribution in [2.24, 2.45) is 5.41 Å². The minimum absolute atomic E-state index is 0.122. The lowest BCUT2D eigenvalue weighted by Gasteiger charge is -2.41. The average Bonchev–Trinajstić information content (AvgIpc) is 2.72. The fourth-order valence-electron chi connectivity index (χ4n) is 3.66. The Kier molecular flexibility index (Phi) is 6.73. The number of hydrogen-bond acceptors (Lipinski definition) is 4. The molecule has 0 bridgehead atoms. The minimum Gasteiger partial charge on any atom is -0.485 e. The van der Waals surface area contributed by atoms with E-state index in [1.54, 1.807) is 31.2 Å². The van der Waals surface area contributed by atoms with E-state index in [-0.39, 0.29) is 5.78 Å². The number of hydrogen-bond donors (Lipinski definition) is 0. The lowest BCUT2D eigenvalue weighted by atomic mass is 9.77. The van der Waals surface area contributed by atoms with E-state index in [0.717, 1.165) is 10.0 Å². The molecule has 0 fully saturated rings. The standard InChI is InChI=1S/C24H24BrClO4/c1-5-19(20(27)15-6-10-17(25)11-7-15)29-21-14(2)23(28)30-22(24(21,3)4)16-8-12-18(26)13-9-16/h6-13,19,22H,5H2,1-4H3/t19-,22-/m1/s1. The highest BCUT2D eigenvalue weighted by Gasteiger charge is 2.46. The van der Waals surface area contributed by atoms with E-state index in [1.165, 1.54) is 0 Å². The summed E-state index contributed by atoms with van der Waals surface area (Å²) in [6, 6.07) is 14.4. The fourth-order valence-corrected chi connectivity index (χ4v) is 4.06. The van der Waals surface area contributed by atoms with Crippen molar-refractivity contribution in [3.63, 3.8) is 0 Å². The third kappa shape index (κ3) is 4.47. The summed E-state index contributed by atoms with van der Waals surface area (Å²) in [5.74, 6) is -0.0886. The summed E-state index contributed by atoms with van der Waals surface area (Å²) in [6.07, 6.45) is -0.781. The number of Topliss-reactive ketones (excluding diaryl/α,β-unsaturated/α-hetero) is 1. The van der Waals surface area contributed by atoms with Crippen LogP contribution in [0.4, 0.5) is 0 Å². The lowest BCUT2D eigenvalue weighted by molar-refractivity contribution is -0.156. The number of ketones is 1. The van der Waals surface area contributed by atoms with Gasteiger partial charge in [0.25, 0.3) is 0 Å². The van der Waals surface area contributed by atoms with Crippen LogP contribution in [0.2, 0.25) is 5.02 Å². The van der Waals surface area contributed by atoms with Crippen LogP contribution in [-0.4, -0.2) is 17.9 Å². The zero-order chi connectivity index (χ0) is 22.1. The highest BCUT2D eigenvalue weighted by atomic mass is 79.9. The number of cyclic esters (lactones) is 1. The van der Waals surface area contributed by atoms with Gasteiger partial charge in [0.1, 0.15) is 11.9 Å². The van der Waals surface area contributed by atoms with Gasteiger partial charge in [0.2, 0.25) is 5.78 Å². The molecule has 0 unspecified atom stereocenters. The second kappa shape index (κ2) is 8.94. The number of esters is 1. The molecule has 2 atom stereocenters. The van der Waals surface area contributed by atoms with Gasteiger partial charge < -0.3 is 9.47 Å². The van der Waals surface area contributed by atoms with Crippen molar-refractivity contribution in [2.75, 3.05) is 0 Å². The van der Waals surface area contributed by atoms with Gasteiger partial charge in [-0.15, -0.1) is 0 Å². The molecular formula is C24H24BrClO4. The summed E-state index contributed by atoms with van der Waals surface area (Å²) in [5.41, 5.74) is 1.10. The van der Waals surface area contributed by atoms with Crippen molar-refractivity contribution in [2.45, 2.75) is 46.3 Å². The van der Waals surface area contributed by atoms with Crippen LogP contribution in [0.15, 0.2) is 64.3 Å². The third-order valence-electron chi connectivity index (χ3n) is 5.34. The van der Waals surface area contributed by atoms with Crippen LogP contribution in [0.1, 0.15) is 56.1 Å². The number of rotatable bonds is 6. The Morgan fingerprint density at radius 3 is 2.33 bits per heavy atom. The van der Waals surface area contributed by atoms with Gasteiger partial charge in [0.05, 0.1) is 11.0 Å². The van der Waals surface area contributed by atoms with Crippen molar-refractivity contribution in [1.29, 1.82) is 0 Å². The maximum Gasteiger partial charge on any atom is 0.337 e. The topological polar surface area (TPSA) is 52.6 Å². The molecule has 1 aliphatic heterocycles. The molecule has 2 aromatic carbocycles. The van der Waals surface area contributed by atoms with Crippen LogP contribution in [0.25, 0.3) is 0 Å². The van der Waals surface area contributed by atoms with Crippen molar-refractivity contribution < 1.29 is 19.1 Å². The van der Waals surface area contributed by atoms with E-state index >= 15 is 0 Å². The lowest BCUT2D eigenvalue weighted by Crippen LogP contribution is -2.38. The SMILES string of the molecule is CC[C@@H](OC1=C(C)C(=O)O[C@H](c2ccc(Cl)cc2)C1(C)C)C(=O)c1ccc(Br)cc1. The van der Waals surface area contributed by atoms with Crippen LogP contribution < -0.4 is 0 Å². The molecule has 30 heavy (non-hydrogen) atoms. The summed E-state index contributed by atoms with van der Waals surface area (Å²) < 4.78 is 12.9. The first-order chi connectivity index (χ1) is 14.1. The van der Waals surface area contributed by atoms with E-state index in [2.05, 4.69) is 15.9 Å². The van der Waals surface area contributed by atoms with E-state index in [1.807, 2.05) is 45.0 Å². The molecular weight excluding hydrogens is 468 g/mol. The summed E-state index contributed by atoms with van der Waals surface area (Å²) in [7, 11) is 0. The van der Waals surface area contributed by atoms with Crippen LogP contribution in [-0.2, 0) is 14.3 Å². The summed E-state index contributed by atoms with van der Waals surface area (Å²) in [5, 5.41) is 0.605. The molecule has 6 heteroatoms. The minimum atomic E-state index is -0.702. The Labute approximate surface area is 190 Å². The zero-order valence-corrected chi connectivity index (χ0v) is 19.7. The number of carbonyl (C=O) groups excluding carboxylic acids is 2. The molecule has 0 saturated carbocycles. The molecule has 1 aliphatic rings. The summed E-state index contributed by atoms with van der Waals surface area (Å²) >= 11 is 9.39. The highest BCUT2D eigenvalue weighted by molar-refractivity contribution is 9.10. The van der Waals surface area contributed by atoms with Crippen molar-refractivity contribution in [1.82, 2.24) is 0 Å². The van der Waals surface area contributed by atoms with Gasteiger partial charge in [0, 0.05) is 15.1 Å². The van der Waals surface area contributed by atoms with Gasteiger partial charge in [-0.25, -0.2) is 4.79 Å². The number of benzene rings is 2. The van der Waals surface area contributed by atoms with E-state index in [9.17, 15) is 9.59 Å². The van der Waals surface area contributed by atoms with Crippen LogP contribution >= 0.6 is 27.5 Å². The largest absolute Gasteiger partial charge is 0.485 e. The molecule has 0 amide bonds. The first-order valence-electron chi connectivity index (χ1n) is 9.79. The molecule has 1 heterocycles. The predicted octanol–water partition coefficient (Wildman–Crippen LogP) is 6.68. The monoisotopic (exact) mass is 490 g/mol. The predicted molar refractivity (Wildman–Crippen MR) is 120 cm³/mol. The second-order valence-corrected chi connectivity index (χ2v) is 9.25. The molecule has 0 saturated heterocycles. The quantitative estimate of drug-likeness (QED) is 0.334. The molecule has 0 spiro atoms. The molecule has 0 radical (unpaired) electrons. The number of carbonyl (C=O) groups is 2. The molecule has 158 valence electrons. The normalized spacial score (nSPS) is 19.3. The third-order valence-corrected chi connectivity index (χ3v) is 6.12. The Balaban J connectivity index is 1.94. The van der Waals surface area contributed by atoms with Crippen LogP contribution in [0.5, 0.6) is 0 Å². The highest BCUT2D eigenvalue weighted by Crippen LogP contribution is 2.48. The van der Waals surface area contributed by atoms with E-state index in [4.69, 9.17) is 21.1 Å². The Hall–Kier alpha value is -2.11. The Morgan fingerprint density at radius 2 is 1.77 bits per heavy atom. The van der Waals surface area contributed by atoms with Gasteiger partial charge in [-0.2, -0.15) is 0 Å². The maximum absolute atomic E-state index is 13.1. The molecule has 0 aliphatic carbocycles. The van der Waals surface area contributed by atoms with Gasteiger partial charge >= 0.3 is 5.97 Å². The number of halogens is 2. The van der Waals surface area contributed by atoms with Crippen molar-refractivity contribution >= 4 is 39.3 Å². The zero-order valence-electron chi connectivity index (χ0n) is 17.4. The van der Waals surface area contributed by atoms with Crippen LogP contribution in [0, 0.1) is 5.41 Å². The van der Waals surface area contributed by atoms with Crippen molar-refractivity contribution in [3.05, 3.63) is 80.5 Å². The molecule has 0 N–H and O–H groups in total. The molecule has 2 aromatic rings. The second-order valence-electron chi connectivity index (χ2n) is 7.90. The van der Waals surface area contributed by atoms with E-state index in [0.29, 0.717) is 28.3 Å². The maximum atomic E-state index is 13.1. The van der Waals surface area contributed by atoms with Gasteiger partial charge in [0.15, 0.2) is 6.10 Å². The van der Waals surface area contributed by atoms with Gasteiger partial charge in [-0.05, 0) is 57.0 Å².